The molecule has 0 saturated carbocycles. The predicted octanol–water partition coefficient (Wildman–Crippen LogP) is -1.29. The van der Waals surface area contributed by atoms with Gasteiger partial charge in [0.2, 0.25) is 5.91 Å². The fourth-order valence-corrected chi connectivity index (χ4v) is 1.00. The molecule has 1 aromatic carbocycles. The monoisotopic (exact) mass is 222 g/mol. The molecule has 0 bridgehead atoms. The molecule has 0 saturated heterocycles. The summed E-state index contributed by atoms with van der Waals surface area (Å²) in [5, 5.41) is 2.25. The third-order valence-electron chi connectivity index (χ3n) is 1.74. The minimum atomic E-state index is -0.982. The molecule has 1 rings (SSSR count). The van der Waals surface area contributed by atoms with Crippen molar-refractivity contribution < 1.29 is 14.4 Å². The van der Waals surface area contributed by atoms with Crippen molar-refractivity contribution >= 4 is 23.4 Å². The summed E-state index contributed by atoms with van der Waals surface area (Å²) < 4.78 is 0. The minimum Gasteiger partial charge on any atom is -0.366 e. The number of nitrogens with two attached hydrogens (primary N) is 2. The van der Waals surface area contributed by atoms with Crippen LogP contribution in [-0.4, -0.2) is 17.7 Å². The van der Waals surface area contributed by atoms with E-state index in [0.29, 0.717) is 0 Å². The Bertz CT molecular complexity index is 444. The van der Waals surface area contributed by atoms with E-state index in [4.69, 9.17) is 11.6 Å². The zero-order valence-corrected chi connectivity index (χ0v) is 8.19. The van der Waals surface area contributed by atoms with Crippen molar-refractivity contribution in [2.45, 2.75) is 0 Å². The minimum absolute atomic E-state index is 0.228. The van der Waals surface area contributed by atoms with Crippen molar-refractivity contribution in [1.29, 1.82) is 0 Å². The van der Waals surface area contributed by atoms with Gasteiger partial charge in [-0.2, -0.15) is 0 Å². The maximum absolute atomic E-state index is 11.1. The highest BCUT2D eigenvalue weighted by atomic mass is 16.2. The number of nitrogens with one attached hydrogen (secondary N) is 2. The number of amides is 3. The van der Waals surface area contributed by atoms with Crippen LogP contribution < -0.4 is 22.3 Å². The molecule has 6 N–H and O–H groups in total. The Morgan fingerprint density at radius 2 is 1.81 bits per heavy atom. The van der Waals surface area contributed by atoms with Crippen molar-refractivity contribution in [3.63, 3.8) is 0 Å². The molecule has 0 heterocycles. The van der Waals surface area contributed by atoms with E-state index in [1.54, 1.807) is 5.43 Å². The first-order valence-corrected chi connectivity index (χ1v) is 4.26. The van der Waals surface area contributed by atoms with Crippen LogP contribution in [0.4, 0.5) is 5.69 Å². The number of carbonyl (C=O) groups is 3. The van der Waals surface area contributed by atoms with Gasteiger partial charge in [-0.25, -0.2) is 5.84 Å². The highest BCUT2D eigenvalue weighted by molar-refractivity contribution is 6.39. The largest absolute Gasteiger partial charge is 0.366 e. The summed E-state index contributed by atoms with van der Waals surface area (Å²) in [7, 11) is 0. The average Bonchev–Trinajstić information content (AvgIpc) is 2.28. The summed E-state index contributed by atoms with van der Waals surface area (Å²) in [4.78, 5) is 32.7. The standard InChI is InChI=1S/C9H10N4O3/c10-7(14)5-2-1-3-6(4-5)12-8(15)9(16)13-11/h1-4H,11H2,(H2,10,14)(H,12,15)(H,13,16). The van der Waals surface area contributed by atoms with E-state index in [1.807, 2.05) is 0 Å². The Morgan fingerprint density at radius 1 is 1.12 bits per heavy atom. The van der Waals surface area contributed by atoms with Crippen LogP contribution in [0.2, 0.25) is 0 Å². The third-order valence-corrected chi connectivity index (χ3v) is 1.74. The first-order chi connectivity index (χ1) is 7.54. The maximum atomic E-state index is 11.1. The molecule has 7 heteroatoms. The first kappa shape index (κ1) is 11.7. The molecule has 0 unspecified atom stereocenters. The molecule has 0 radical (unpaired) electrons. The second kappa shape index (κ2) is 4.89. The van der Waals surface area contributed by atoms with E-state index < -0.39 is 17.7 Å². The van der Waals surface area contributed by atoms with Crippen LogP contribution in [0.15, 0.2) is 24.3 Å². The number of carbonyl (C=O) groups excluding carboxylic acids is 3. The molecule has 3 amide bonds. The van der Waals surface area contributed by atoms with E-state index in [2.05, 4.69) is 5.32 Å². The van der Waals surface area contributed by atoms with Crippen molar-refractivity contribution in [3.05, 3.63) is 29.8 Å². The van der Waals surface area contributed by atoms with E-state index in [1.165, 1.54) is 24.3 Å². The molecule has 0 aromatic heterocycles. The Hall–Kier alpha value is -2.41. The zero-order chi connectivity index (χ0) is 12.1. The summed E-state index contributed by atoms with van der Waals surface area (Å²) in [6.45, 7) is 0. The number of benzene rings is 1. The lowest BCUT2D eigenvalue weighted by atomic mass is 10.2. The Morgan fingerprint density at radius 3 is 2.38 bits per heavy atom. The van der Waals surface area contributed by atoms with Crippen LogP contribution in [0.3, 0.4) is 0 Å². The van der Waals surface area contributed by atoms with Gasteiger partial charge in [0.25, 0.3) is 0 Å². The van der Waals surface area contributed by atoms with Gasteiger partial charge in [-0.1, -0.05) is 6.07 Å². The molecular formula is C9H10N4O3. The SMILES string of the molecule is NNC(=O)C(=O)Nc1cccc(C(N)=O)c1. The molecule has 0 aliphatic carbocycles. The lowest BCUT2D eigenvalue weighted by Crippen LogP contribution is -2.39. The second-order valence-electron chi connectivity index (χ2n) is 2.87. The molecule has 16 heavy (non-hydrogen) atoms. The molecule has 0 aliphatic heterocycles. The van der Waals surface area contributed by atoms with Gasteiger partial charge in [-0.3, -0.25) is 19.8 Å². The van der Waals surface area contributed by atoms with Gasteiger partial charge in [0.05, 0.1) is 0 Å². The van der Waals surface area contributed by atoms with Gasteiger partial charge in [0.15, 0.2) is 0 Å². The fraction of sp³-hybridized carbons (Fsp3) is 0. The topological polar surface area (TPSA) is 127 Å². The average molecular weight is 222 g/mol. The highest BCUT2D eigenvalue weighted by Gasteiger charge is 2.12. The summed E-state index contributed by atoms with van der Waals surface area (Å²) in [6.07, 6.45) is 0. The molecular weight excluding hydrogens is 212 g/mol. The van der Waals surface area contributed by atoms with Crippen LogP contribution in [-0.2, 0) is 9.59 Å². The van der Waals surface area contributed by atoms with Gasteiger partial charge in [-0.15, -0.1) is 0 Å². The van der Waals surface area contributed by atoms with Crippen LogP contribution in [0.1, 0.15) is 10.4 Å². The van der Waals surface area contributed by atoms with Gasteiger partial charge >= 0.3 is 11.8 Å². The molecule has 0 spiro atoms. The maximum Gasteiger partial charge on any atom is 0.323 e. The molecule has 7 nitrogen and oxygen atoms in total. The quantitative estimate of drug-likeness (QED) is 0.215. The molecule has 0 aliphatic rings. The van der Waals surface area contributed by atoms with Crippen molar-refractivity contribution in [3.8, 4) is 0 Å². The van der Waals surface area contributed by atoms with Crippen LogP contribution >= 0.6 is 0 Å². The smallest absolute Gasteiger partial charge is 0.323 e. The lowest BCUT2D eigenvalue weighted by molar-refractivity contribution is -0.136. The summed E-state index contributed by atoms with van der Waals surface area (Å²) >= 11 is 0. The lowest BCUT2D eigenvalue weighted by Gasteiger charge is -2.04. The summed E-state index contributed by atoms with van der Waals surface area (Å²) in [5.41, 5.74) is 7.24. The first-order valence-electron chi connectivity index (χ1n) is 4.26. The van der Waals surface area contributed by atoms with Gasteiger partial charge in [0, 0.05) is 11.3 Å². The predicted molar refractivity (Wildman–Crippen MR) is 55.9 cm³/mol. The van der Waals surface area contributed by atoms with Crippen LogP contribution in [0.25, 0.3) is 0 Å². The number of anilines is 1. The molecule has 0 atom stereocenters. The van der Waals surface area contributed by atoms with Gasteiger partial charge < -0.3 is 11.1 Å². The number of hydrogen-bond acceptors (Lipinski definition) is 4. The summed E-state index contributed by atoms with van der Waals surface area (Å²) in [6, 6.07) is 5.87. The Kier molecular flexibility index (Phi) is 3.57. The van der Waals surface area contributed by atoms with Crippen LogP contribution in [0.5, 0.6) is 0 Å². The second-order valence-corrected chi connectivity index (χ2v) is 2.87. The van der Waals surface area contributed by atoms with E-state index in [0.717, 1.165) is 0 Å². The molecule has 0 fully saturated rings. The van der Waals surface area contributed by atoms with Crippen molar-refractivity contribution in [2.24, 2.45) is 11.6 Å². The molecule has 84 valence electrons. The number of primary amides is 1. The normalized spacial score (nSPS) is 9.31. The van der Waals surface area contributed by atoms with Crippen molar-refractivity contribution in [1.82, 2.24) is 5.43 Å². The highest BCUT2D eigenvalue weighted by Crippen LogP contribution is 2.09. The number of rotatable bonds is 2. The van der Waals surface area contributed by atoms with E-state index >= 15 is 0 Å². The van der Waals surface area contributed by atoms with E-state index in [-0.39, 0.29) is 11.3 Å². The van der Waals surface area contributed by atoms with Gasteiger partial charge in [-0.05, 0) is 18.2 Å². The van der Waals surface area contributed by atoms with Crippen LogP contribution in [0, 0.1) is 0 Å². The number of hydrogen-bond donors (Lipinski definition) is 4. The fourth-order valence-electron chi connectivity index (χ4n) is 1.00. The Labute approximate surface area is 90.8 Å². The van der Waals surface area contributed by atoms with E-state index in [9.17, 15) is 14.4 Å². The molecule has 1 aromatic rings. The van der Waals surface area contributed by atoms with Gasteiger partial charge in [0.1, 0.15) is 0 Å². The summed E-state index contributed by atoms with van der Waals surface area (Å²) in [5.74, 6) is 2.24. The third kappa shape index (κ3) is 2.79. The zero-order valence-electron chi connectivity index (χ0n) is 8.19. The van der Waals surface area contributed by atoms with Crippen molar-refractivity contribution in [2.75, 3.05) is 5.32 Å². The Balaban J connectivity index is 2.82. The number of hydrazine groups is 1.